The van der Waals surface area contributed by atoms with Gasteiger partial charge >= 0.3 is 0 Å². The van der Waals surface area contributed by atoms with E-state index >= 15 is 0 Å². The van der Waals surface area contributed by atoms with Gasteiger partial charge in [-0.15, -0.1) is 4.72 Å². The van der Waals surface area contributed by atoms with E-state index < -0.39 is 11.4 Å². The Balaban J connectivity index is 3.44. The highest BCUT2D eigenvalue weighted by molar-refractivity contribution is 7.90. The number of nitrogens with one attached hydrogen (secondary N) is 1. The molecule has 0 aliphatic heterocycles. The fourth-order valence-corrected chi connectivity index (χ4v) is 1.15. The number of methoxy groups -OCH3 is 1. The second-order valence-electron chi connectivity index (χ2n) is 3.27. The monoisotopic (exact) mass is 179 g/mol. The zero-order valence-electron chi connectivity index (χ0n) is 7.64. The summed E-state index contributed by atoms with van der Waals surface area (Å²) in [6.45, 7) is 7.04. The van der Waals surface area contributed by atoms with Gasteiger partial charge in [-0.1, -0.05) is 0 Å². The minimum absolute atomic E-state index is 0.187. The molecular formula is C7H17NO2S. The highest BCUT2D eigenvalue weighted by Crippen LogP contribution is 2.12. The van der Waals surface area contributed by atoms with Gasteiger partial charge in [0, 0.05) is 18.5 Å². The lowest BCUT2D eigenvalue weighted by atomic mass is 10.3. The fraction of sp³-hybridized carbons (Fsp3) is 1.00. The highest BCUT2D eigenvalue weighted by Gasteiger charge is 2.25. The summed E-state index contributed by atoms with van der Waals surface area (Å²) < 4.78 is 18.8. The van der Waals surface area contributed by atoms with Crippen molar-refractivity contribution < 1.29 is 9.29 Å². The van der Waals surface area contributed by atoms with Gasteiger partial charge in [0.25, 0.3) is 0 Å². The highest BCUT2D eigenvalue weighted by atomic mass is 32.2. The third kappa shape index (κ3) is 5.49. The molecule has 1 atom stereocenters. The zero-order valence-corrected chi connectivity index (χ0v) is 8.46. The fourth-order valence-electron chi connectivity index (χ4n) is 0.453. The molecule has 0 aliphatic rings. The van der Waals surface area contributed by atoms with Crippen LogP contribution in [-0.2, 0) is 16.1 Å². The van der Waals surface area contributed by atoms with Gasteiger partial charge in [-0.05, 0) is 20.8 Å². The first-order valence-corrected chi connectivity index (χ1v) is 4.78. The van der Waals surface area contributed by atoms with Gasteiger partial charge in [0.1, 0.15) is 4.75 Å². The molecule has 0 rings (SSSR count). The van der Waals surface area contributed by atoms with Gasteiger partial charge in [-0.25, -0.2) is 0 Å². The van der Waals surface area contributed by atoms with Gasteiger partial charge in [0.15, 0.2) is 0 Å². The predicted octanol–water partition coefficient (Wildman–Crippen LogP) is 0.685. The first-order chi connectivity index (χ1) is 4.98. The molecule has 0 saturated carbocycles. The lowest BCUT2D eigenvalue weighted by Crippen LogP contribution is -2.40. The van der Waals surface area contributed by atoms with Crippen LogP contribution in [0.2, 0.25) is 0 Å². The van der Waals surface area contributed by atoms with Crippen LogP contribution in [0.3, 0.4) is 0 Å². The number of hydrogen-bond acceptors (Lipinski definition) is 3. The maximum Gasteiger partial charge on any atom is 0.136 e. The molecule has 11 heavy (non-hydrogen) atoms. The lowest BCUT2D eigenvalue weighted by molar-refractivity contribution is 0.204. The quantitative estimate of drug-likeness (QED) is 0.510. The molecule has 3 nitrogen and oxygen atoms in total. The lowest BCUT2D eigenvalue weighted by Gasteiger charge is -2.23. The summed E-state index contributed by atoms with van der Waals surface area (Å²) in [5.74, 6) is 0. The molecule has 0 saturated heterocycles. The number of rotatable bonds is 4. The second-order valence-corrected chi connectivity index (χ2v) is 5.32. The third-order valence-electron chi connectivity index (χ3n) is 1.10. The van der Waals surface area contributed by atoms with Crippen molar-refractivity contribution in [2.75, 3.05) is 20.3 Å². The summed E-state index contributed by atoms with van der Waals surface area (Å²) in [5, 5.41) is 0. The van der Waals surface area contributed by atoms with Crippen LogP contribution in [0.25, 0.3) is 0 Å². The zero-order chi connectivity index (χ0) is 8.91. The first-order valence-electron chi connectivity index (χ1n) is 3.63. The molecule has 1 unspecified atom stereocenters. The van der Waals surface area contributed by atoms with E-state index in [1.807, 2.05) is 20.8 Å². The average molecular weight is 179 g/mol. The van der Waals surface area contributed by atoms with Gasteiger partial charge in [-0.2, -0.15) is 0 Å². The summed E-state index contributed by atoms with van der Waals surface area (Å²) in [5.41, 5.74) is 0. The maximum atomic E-state index is 11.3. The summed E-state index contributed by atoms with van der Waals surface area (Å²) >= 11 is -0.969. The molecule has 68 valence electrons. The van der Waals surface area contributed by atoms with E-state index in [2.05, 4.69) is 4.72 Å². The van der Waals surface area contributed by atoms with Crippen LogP contribution in [0.5, 0.6) is 0 Å². The first kappa shape index (κ1) is 11.2. The molecule has 0 bridgehead atoms. The summed E-state index contributed by atoms with van der Waals surface area (Å²) in [6, 6.07) is 0. The molecule has 0 spiro atoms. The molecule has 0 fully saturated rings. The second kappa shape index (κ2) is 4.98. The van der Waals surface area contributed by atoms with Crippen LogP contribution in [-0.4, -0.2) is 29.6 Å². The van der Waals surface area contributed by atoms with E-state index in [1.54, 1.807) is 7.11 Å². The van der Waals surface area contributed by atoms with Crippen molar-refractivity contribution in [3.8, 4) is 0 Å². The van der Waals surface area contributed by atoms with E-state index in [-0.39, 0.29) is 4.75 Å². The third-order valence-corrected chi connectivity index (χ3v) is 2.67. The van der Waals surface area contributed by atoms with Gasteiger partial charge in [0.2, 0.25) is 0 Å². The Morgan fingerprint density at radius 2 is 2.00 bits per heavy atom. The molecule has 0 aliphatic carbocycles. The molecule has 4 heteroatoms. The normalized spacial score (nSPS) is 15.0. The van der Waals surface area contributed by atoms with E-state index in [0.29, 0.717) is 13.2 Å². The van der Waals surface area contributed by atoms with Crippen LogP contribution < -0.4 is 4.72 Å². The van der Waals surface area contributed by atoms with Gasteiger partial charge in [0.05, 0.1) is 13.2 Å². The van der Waals surface area contributed by atoms with Crippen LogP contribution in [0, 0.1) is 0 Å². The van der Waals surface area contributed by atoms with E-state index in [0.717, 1.165) is 0 Å². The smallest absolute Gasteiger partial charge is 0.136 e. The molecule has 1 N–H and O–H groups in total. The molecule has 0 aromatic heterocycles. The average Bonchev–Trinajstić information content (AvgIpc) is 1.86. The predicted molar refractivity (Wildman–Crippen MR) is 47.8 cm³/mol. The van der Waals surface area contributed by atoms with Crippen LogP contribution in [0.4, 0.5) is 0 Å². The Kier molecular flexibility index (Phi) is 5.08. The minimum Gasteiger partial charge on any atom is -0.598 e. The van der Waals surface area contributed by atoms with Crippen molar-refractivity contribution in [3.63, 3.8) is 0 Å². The summed E-state index contributed by atoms with van der Waals surface area (Å²) in [6.07, 6.45) is 0. The molecule has 0 aromatic carbocycles. The molecule has 0 heterocycles. The van der Waals surface area contributed by atoms with Crippen molar-refractivity contribution in [1.82, 2.24) is 4.72 Å². The Morgan fingerprint density at radius 3 is 2.36 bits per heavy atom. The molecule has 0 radical (unpaired) electrons. The maximum absolute atomic E-state index is 11.3. The van der Waals surface area contributed by atoms with E-state index in [4.69, 9.17) is 4.74 Å². The Hall–Kier alpha value is 0.230. The van der Waals surface area contributed by atoms with Crippen molar-refractivity contribution in [2.45, 2.75) is 25.5 Å². The van der Waals surface area contributed by atoms with Gasteiger partial charge < -0.3 is 9.29 Å². The minimum atomic E-state index is -0.969. The Bertz CT molecular complexity index is 103. The van der Waals surface area contributed by atoms with E-state index in [1.165, 1.54) is 0 Å². The topological polar surface area (TPSA) is 44.3 Å². The molecular weight excluding hydrogens is 162 g/mol. The van der Waals surface area contributed by atoms with Crippen molar-refractivity contribution in [3.05, 3.63) is 0 Å². The van der Waals surface area contributed by atoms with E-state index in [9.17, 15) is 4.55 Å². The SMILES string of the molecule is COCCN[S+]([O-])C(C)(C)C. The molecule has 0 aromatic rings. The number of hydrogen-bond donors (Lipinski definition) is 1. The van der Waals surface area contributed by atoms with Crippen LogP contribution >= 0.6 is 0 Å². The van der Waals surface area contributed by atoms with Gasteiger partial charge in [-0.3, -0.25) is 0 Å². The van der Waals surface area contributed by atoms with Crippen LogP contribution in [0.15, 0.2) is 0 Å². The molecule has 0 amide bonds. The van der Waals surface area contributed by atoms with Crippen molar-refractivity contribution in [1.29, 1.82) is 0 Å². The number of ether oxygens (including phenoxy) is 1. The Labute approximate surface area is 71.8 Å². The largest absolute Gasteiger partial charge is 0.598 e. The Morgan fingerprint density at radius 1 is 1.45 bits per heavy atom. The summed E-state index contributed by atoms with van der Waals surface area (Å²) in [4.78, 5) is 0. The summed E-state index contributed by atoms with van der Waals surface area (Å²) in [7, 11) is 1.63. The van der Waals surface area contributed by atoms with Crippen molar-refractivity contribution in [2.24, 2.45) is 0 Å². The standard InChI is InChI=1S/C7H17NO2S/c1-7(2,3)11(9)8-5-6-10-4/h8H,5-6H2,1-4H3. The van der Waals surface area contributed by atoms with Crippen LogP contribution in [0.1, 0.15) is 20.8 Å². The van der Waals surface area contributed by atoms with Crippen molar-refractivity contribution >= 4 is 11.4 Å².